The highest BCUT2D eigenvalue weighted by molar-refractivity contribution is 6.31. The first-order valence-electron chi connectivity index (χ1n) is 5.36. The molecule has 1 aromatic carbocycles. The van der Waals surface area contributed by atoms with Gasteiger partial charge in [0.05, 0.1) is 12.6 Å². The Morgan fingerprint density at radius 3 is 2.88 bits per heavy atom. The molecule has 2 N–H and O–H groups in total. The second kappa shape index (κ2) is 6.47. The van der Waals surface area contributed by atoms with Crippen LogP contribution in [0.2, 0.25) is 5.02 Å². The summed E-state index contributed by atoms with van der Waals surface area (Å²) in [5.74, 6) is 0. The fraction of sp³-hybridized carbons (Fsp3) is 0.417. The number of ether oxygens (including phenoxy) is 1. The average Bonchev–Trinajstić information content (AvgIpc) is 2.25. The van der Waals surface area contributed by atoms with Gasteiger partial charge in [0.15, 0.2) is 0 Å². The monoisotopic (exact) mass is 256 g/mol. The zero-order chi connectivity index (χ0) is 12.8. The molecule has 0 aliphatic heterocycles. The first-order valence-corrected chi connectivity index (χ1v) is 5.74. The number of urea groups is 1. The molecule has 0 aliphatic rings. The number of carbonyl (C=O) groups is 1. The summed E-state index contributed by atoms with van der Waals surface area (Å²) in [6.07, 6.45) is 0. The van der Waals surface area contributed by atoms with Crippen LogP contribution >= 0.6 is 11.6 Å². The molecule has 0 heterocycles. The van der Waals surface area contributed by atoms with Gasteiger partial charge in [-0.15, -0.1) is 0 Å². The molecule has 1 rings (SSSR count). The lowest BCUT2D eigenvalue weighted by Gasteiger charge is -2.15. The summed E-state index contributed by atoms with van der Waals surface area (Å²) < 4.78 is 4.93. The molecule has 1 aromatic rings. The summed E-state index contributed by atoms with van der Waals surface area (Å²) in [4.78, 5) is 11.6. The third-order valence-electron chi connectivity index (χ3n) is 2.31. The van der Waals surface area contributed by atoms with Gasteiger partial charge in [-0.1, -0.05) is 17.7 Å². The molecule has 0 saturated heterocycles. The van der Waals surface area contributed by atoms with Crippen LogP contribution in [-0.2, 0) is 4.74 Å². The number of hydrogen-bond donors (Lipinski definition) is 2. The van der Waals surface area contributed by atoms with Gasteiger partial charge in [0.25, 0.3) is 0 Å². The number of methoxy groups -OCH3 is 1. The van der Waals surface area contributed by atoms with Crippen molar-refractivity contribution in [3.05, 3.63) is 28.8 Å². The molecule has 0 aliphatic carbocycles. The third kappa shape index (κ3) is 4.24. The van der Waals surface area contributed by atoms with Crippen molar-refractivity contribution in [1.82, 2.24) is 5.32 Å². The highest BCUT2D eigenvalue weighted by atomic mass is 35.5. The number of hydrogen-bond acceptors (Lipinski definition) is 2. The standard InChI is InChI=1S/C12H17ClN2O2/c1-8(7-17-3)14-12(16)15-11-6-4-5-10(13)9(11)2/h4-6,8H,7H2,1-3H3,(H2,14,15,16). The summed E-state index contributed by atoms with van der Waals surface area (Å²) in [6, 6.07) is 5.08. The van der Waals surface area contributed by atoms with E-state index in [1.807, 2.05) is 19.9 Å². The van der Waals surface area contributed by atoms with Crippen LogP contribution in [-0.4, -0.2) is 25.8 Å². The molecule has 0 radical (unpaired) electrons. The fourth-order valence-corrected chi connectivity index (χ4v) is 1.59. The number of amides is 2. The Hall–Kier alpha value is -1.26. The summed E-state index contributed by atoms with van der Waals surface area (Å²) in [7, 11) is 1.59. The van der Waals surface area contributed by atoms with Crippen LogP contribution < -0.4 is 10.6 Å². The summed E-state index contributed by atoms with van der Waals surface area (Å²) >= 11 is 5.96. The van der Waals surface area contributed by atoms with Gasteiger partial charge in [-0.05, 0) is 31.5 Å². The molecule has 1 unspecified atom stereocenters. The predicted molar refractivity (Wildman–Crippen MR) is 69.7 cm³/mol. The Kier molecular flexibility index (Phi) is 5.25. The normalized spacial score (nSPS) is 12.0. The first-order chi connectivity index (χ1) is 8.04. The van der Waals surface area contributed by atoms with Crippen molar-refractivity contribution in [3.8, 4) is 0 Å². The molecule has 17 heavy (non-hydrogen) atoms. The Bertz CT molecular complexity index is 396. The topological polar surface area (TPSA) is 50.4 Å². The van der Waals surface area contributed by atoms with Crippen LogP contribution in [0.4, 0.5) is 10.5 Å². The molecular weight excluding hydrogens is 240 g/mol. The Labute approximate surface area is 106 Å². The predicted octanol–water partition coefficient (Wildman–Crippen LogP) is 2.80. The highest BCUT2D eigenvalue weighted by Gasteiger charge is 2.09. The Morgan fingerprint density at radius 1 is 1.53 bits per heavy atom. The van der Waals surface area contributed by atoms with Crippen molar-refractivity contribution in [3.63, 3.8) is 0 Å². The molecule has 4 nitrogen and oxygen atoms in total. The van der Waals surface area contributed by atoms with Gasteiger partial charge >= 0.3 is 6.03 Å². The lowest BCUT2D eigenvalue weighted by molar-refractivity contribution is 0.173. The zero-order valence-corrected chi connectivity index (χ0v) is 11.0. The van der Waals surface area contributed by atoms with Crippen LogP contribution in [0.15, 0.2) is 18.2 Å². The molecule has 0 aromatic heterocycles. The van der Waals surface area contributed by atoms with E-state index in [0.29, 0.717) is 17.3 Å². The van der Waals surface area contributed by atoms with Gasteiger partial charge in [0.1, 0.15) is 0 Å². The van der Waals surface area contributed by atoms with Gasteiger partial charge in [0, 0.05) is 17.8 Å². The number of nitrogens with one attached hydrogen (secondary N) is 2. The second-order valence-electron chi connectivity index (χ2n) is 3.87. The van der Waals surface area contributed by atoms with E-state index in [0.717, 1.165) is 5.56 Å². The summed E-state index contributed by atoms with van der Waals surface area (Å²) in [5.41, 5.74) is 1.56. The van der Waals surface area contributed by atoms with E-state index in [4.69, 9.17) is 16.3 Å². The highest BCUT2D eigenvalue weighted by Crippen LogP contribution is 2.22. The molecule has 94 valence electrons. The number of rotatable bonds is 4. The Balaban J connectivity index is 2.59. The minimum Gasteiger partial charge on any atom is -0.383 e. The SMILES string of the molecule is COCC(C)NC(=O)Nc1cccc(Cl)c1C. The van der Waals surface area contributed by atoms with Crippen LogP contribution in [0, 0.1) is 6.92 Å². The number of halogens is 1. The first kappa shape index (κ1) is 13.8. The van der Waals surface area contributed by atoms with Gasteiger partial charge < -0.3 is 15.4 Å². The van der Waals surface area contributed by atoms with E-state index in [-0.39, 0.29) is 12.1 Å². The average molecular weight is 257 g/mol. The number of anilines is 1. The second-order valence-corrected chi connectivity index (χ2v) is 4.27. The van der Waals surface area contributed by atoms with Gasteiger partial charge in [-0.3, -0.25) is 0 Å². The van der Waals surface area contributed by atoms with E-state index >= 15 is 0 Å². The molecule has 1 atom stereocenters. The lowest BCUT2D eigenvalue weighted by atomic mass is 10.2. The van der Waals surface area contributed by atoms with Crippen LogP contribution in [0.3, 0.4) is 0 Å². The van der Waals surface area contributed by atoms with Crippen LogP contribution in [0.5, 0.6) is 0 Å². The fourth-order valence-electron chi connectivity index (χ4n) is 1.42. The molecule has 0 bridgehead atoms. The summed E-state index contributed by atoms with van der Waals surface area (Å²) in [5, 5.41) is 6.14. The van der Waals surface area contributed by atoms with Crippen molar-refractivity contribution in [2.75, 3.05) is 19.0 Å². The maximum Gasteiger partial charge on any atom is 0.319 e. The van der Waals surface area contributed by atoms with Crippen molar-refractivity contribution in [2.45, 2.75) is 19.9 Å². The zero-order valence-electron chi connectivity index (χ0n) is 10.2. The van der Waals surface area contributed by atoms with Crippen LogP contribution in [0.1, 0.15) is 12.5 Å². The molecule has 0 spiro atoms. The lowest BCUT2D eigenvalue weighted by Crippen LogP contribution is -2.38. The minimum absolute atomic E-state index is 0.0421. The van der Waals surface area contributed by atoms with Gasteiger partial charge in [-0.25, -0.2) is 4.79 Å². The van der Waals surface area contributed by atoms with Crippen molar-refractivity contribution in [2.24, 2.45) is 0 Å². The maximum atomic E-state index is 11.6. The Morgan fingerprint density at radius 2 is 2.24 bits per heavy atom. The quantitative estimate of drug-likeness (QED) is 0.870. The van der Waals surface area contributed by atoms with Gasteiger partial charge in [-0.2, -0.15) is 0 Å². The van der Waals surface area contributed by atoms with Crippen molar-refractivity contribution in [1.29, 1.82) is 0 Å². The molecule has 0 saturated carbocycles. The maximum absolute atomic E-state index is 11.6. The van der Waals surface area contributed by atoms with Crippen LogP contribution in [0.25, 0.3) is 0 Å². The smallest absolute Gasteiger partial charge is 0.319 e. The molecular formula is C12H17ClN2O2. The van der Waals surface area contributed by atoms with E-state index in [2.05, 4.69) is 10.6 Å². The van der Waals surface area contributed by atoms with E-state index < -0.39 is 0 Å². The molecule has 5 heteroatoms. The summed E-state index contributed by atoms with van der Waals surface area (Å²) in [6.45, 7) is 4.20. The van der Waals surface area contributed by atoms with Gasteiger partial charge in [0.2, 0.25) is 0 Å². The number of benzene rings is 1. The molecule has 2 amide bonds. The largest absolute Gasteiger partial charge is 0.383 e. The van der Waals surface area contributed by atoms with Crippen molar-refractivity contribution >= 4 is 23.3 Å². The van der Waals surface area contributed by atoms with Crippen molar-refractivity contribution < 1.29 is 9.53 Å². The minimum atomic E-state index is -0.264. The molecule has 0 fully saturated rings. The number of carbonyl (C=O) groups excluding carboxylic acids is 1. The van der Waals surface area contributed by atoms with E-state index in [1.165, 1.54) is 0 Å². The van der Waals surface area contributed by atoms with E-state index in [9.17, 15) is 4.79 Å². The third-order valence-corrected chi connectivity index (χ3v) is 2.72. The van der Waals surface area contributed by atoms with E-state index in [1.54, 1.807) is 19.2 Å².